The number of carbonyl (C=O) groups excluding carboxylic acids is 1. The van der Waals surface area contributed by atoms with Crippen molar-refractivity contribution in [1.82, 2.24) is 4.98 Å². The first-order chi connectivity index (χ1) is 13.8. The zero-order valence-corrected chi connectivity index (χ0v) is 15.2. The number of ether oxygens (including phenoxy) is 2. The van der Waals surface area contributed by atoms with E-state index >= 15 is 0 Å². The van der Waals surface area contributed by atoms with E-state index in [0.29, 0.717) is 12.3 Å². The predicted octanol–water partition coefficient (Wildman–Crippen LogP) is 4.08. The van der Waals surface area contributed by atoms with Gasteiger partial charge in [-0.1, -0.05) is 12.1 Å². The van der Waals surface area contributed by atoms with Gasteiger partial charge in [0.25, 0.3) is 5.91 Å². The Morgan fingerprint density at radius 2 is 1.82 bits per heavy atom. The second kappa shape index (κ2) is 6.85. The zero-order chi connectivity index (χ0) is 18.9. The largest absolute Gasteiger partial charge is 0.454 e. The Balaban J connectivity index is 1.35. The van der Waals surface area contributed by atoms with Crippen molar-refractivity contribution in [2.45, 2.75) is 6.42 Å². The number of benzene rings is 2. The van der Waals surface area contributed by atoms with Crippen molar-refractivity contribution in [2.75, 3.05) is 18.2 Å². The number of fused-ring (bicyclic) bond motifs is 2. The van der Waals surface area contributed by atoms with Crippen LogP contribution < -0.4 is 14.4 Å². The molecule has 28 heavy (non-hydrogen) atoms. The van der Waals surface area contributed by atoms with Crippen LogP contribution in [0.4, 0.5) is 5.69 Å². The van der Waals surface area contributed by atoms with Gasteiger partial charge < -0.3 is 14.4 Å². The number of aromatic nitrogens is 1. The lowest BCUT2D eigenvalue weighted by molar-refractivity contribution is -0.114. The van der Waals surface area contributed by atoms with Gasteiger partial charge in [-0.3, -0.25) is 9.78 Å². The molecule has 0 saturated carbocycles. The van der Waals surface area contributed by atoms with Gasteiger partial charge in [-0.25, -0.2) is 0 Å². The van der Waals surface area contributed by atoms with Crippen molar-refractivity contribution in [1.29, 1.82) is 0 Å². The highest BCUT2D eigenvalue weighted by atomic mass is 16.7. The lowest BCUT2D eigenvalue weighted by Gasteiger charge is -2.15. The zero-order valence-electron chi connectivity index (χ0n) is 15.2. The number of hydrogen-bond donors (Lipinski definition) is 0. The van der Waals surface area contributed by atoms with E-state index in [1.807, 2.05) is 47.4 Å². The molecule has 1 amide bonds. The van der Waals surface area contributed by atoms with E-state index in [1.165, 1.54) is 5.56 Å². The first-order valence-corrected chi connectivity index (χ1v) is 9.20. The molecule has 5 nitrogen and oxygen atoms in total. The highest BCUT2D eigenvalue weighted by molar-refractivity contribution is 6.05. The van der Waals surface area contributed by atoms with Crippen LogP contribution in [0.1, 0.15) is 11.1 Å². The molecule has 2 aliphatic rings. The predicted molar refractivity (Wildman–Crippen MR) is 107 cm³/mol. The molecule has 1 aromatic heterocycles. The molecule has 0 unspecified atom stereocenters. The van der Waals surface area contributed by atoms with E-state index in [2.05, 4.69) is 17.1 Å². The second-order valence-electron chi connectivity index (χ2n) is 6.77. The number of amides is 1. The number of nitrogens with zero attached hydrogens (tertiary/aromatic N) is 2. The molecule has 0 N–H and O–H groups in total. The van der Waals surface area contributed by atoms with Gasteiger partial charge >= 0.3 is 0 Å². The quantitative estimate of drug-likeness (QED) is 0.652. The third-order valence-electron chi connectivity index (χ3n) is 5.07. The van der Waals surface area contributed by atoms with Crippen molar-refractivity contribution in [3.8, 4) is 22.6 Å². The highest BCUT2D eigenvalue weighted by Gasteiger charge is 2.23. The SMILES string of the molecule is O=C(/C=C/c1ccc2c(c1)OCO2)N1CCc2cc(-c3ccncc3)ccc21. The van der Waals surface area contributed by atoms with Crippen molar-refractivity contribution < 1.29 is 14.3 Å². The molecular formula is C23H18N2O3. The van der Waals surface area contributed by atoms with E-state index in [0.717, 1.165) is 34.5 Å². The normalized spacial score (nSPS) is 14.5. The van der Waals surface area contributed by atoms with Crippen LogP contribution in [0.25, 0.3) is 17.2 Å². The van der Waals surface area contributed by atoms with Crippen molar-refractivity contribution in [3.63, 3.8) is 0 Å². The molecule has 5 rings (SSSR count). The third-order valence-corrected chi connectivity index (χ3v) is 5.07. The molecule has 138 valence electrons. The fourth-order valence-electron chi connectivity index (χ4n) is 3.63. The molecule has 2 aromatic carbocycles. The monoisotopic (exact) mass is 370 g/mol. The third kappa shape index (κ3) is 3.01. The summed E-state index contributed by atoms with van der Waals surface area (Å²) in [6.07, 6.45) is 7.87. The van der Waals surface area contributed by atoms with E-state index in [1.54, 1.807) is 18.5 Å². The standard InChI is InChI=1S/C23H18N2O3/c26-23(6-2-16-1-5-21-22(13-16)28-15-27-21)25-12-9-19-14-18(3-4-20(19)25)17-7-10-24-11-8-17/h1-8,10-11,13-14H,9,12,15H2/b6-2+. The lowest BCUT2D eigenvalue weighted by Crippen LogP contribution is -2.26. The van der Waals surface area contributed by atoms with Crippen LogP contribution in [0.5, 0.6) is 11.5 Å². The lowest BCUT2D eigenvalue weighted by atomic mass is 10.0. The average molecular weight is 370 g/mol. The minimum absolute atomic E-state index is 0.0203. The minimum atomic E-state index is -0.0203. The van der Waals surface area contributed by atoms with Crippen molar-refractivity contribution in [3.05, 3.63) is 78.1 Å². The molecule has 0 bridgehead atoms. The summed E-state index contributed by atoms with van der Waals surface area (Å²) in [5.74, 6) is 1.43. The van der Waals surface area contributed by atoms with Gasteiger partial charge in [0.1, 0.15) is 0 Å². The molecule has 2 aliphatic heterocycles. The van der Waals surface area contributed by atoms with Crippen LogP contribution in [0.3, 0.4) is 0 Å². The van der Waals surface area contributed by atoms with Gasteiger partial charge in [0.2, 0.25) is 6.79 Å². The van der Waals surface area contributed by atoms with Crippen LogP contribution in [0, 0.1) is 0 Å². The van der Waals surface area contributed by atoms with Crippen LogP contribution in [0.15, 0.2) is 67.0 Å². The van der Waals surface area contributed by atoms with Gasteiger partial charge in [-0.05, 0) is 71.1 Å². The first kappa shape index (κ1) is 16.6. The topological polar surface area (TPSA) is 51.7 Å². The Bertz CT molecular complexity index is 1080. The summed E-state index contributed by atoms with van der Waals surface area (Å²) in [6, 6.07) is 15.9. The minimum Gasteiger partial charge on any atom is -0.454 e. The maximum atomic E-state index is 12.7. The summed E-state index contributed by atoms with van der Waals surface area (Å²) in [4.78, 5) is 18.6. The van der Waals surface area contributed by atoms with Crippen LogP contribution in [-0.4, -0.2) is 24.2 Å². The summed E-state index contributed by atoms with van der Waals surface area (Å²) >= 11 is 0. The smallest absolute Gasteiger partial charge is 0.251 e. The Morgan fingerprint density at radius 3 is 2.71 bits per heavy atom. The number of anilines is 1. The van der Waals surface area contributed by atoms with Gasteiger partial charge in [0.15, 0.2) is 11.5 Å². The van der Waals surface area contributed by atoms with Gasteiger partial charge in [0.05, 0.1) is 0 Å². The molecule has 0 saturated heterocycles. The molecule has 5 heteroatoms. The van der Waals surface area contributed by atoms with Crippen molar-refractivity contribution >= 4 is 17.7 Å². The Labute approximate surface area is 162 Å². The number of pyridine rings is 1. The van der Waals surface area contributed by atoms with E-state index in [9.17, 15) is 4.79 Å². The first-order valence-electron chi connectivity index (χ1n) is 9.20. The molecular weight excluding hydrogens is 352 g/mol. The maximum Gasteiger partial charge on any atom is 0.251 e. The summed E-state index contributed by atoms with van der Waals surface area (Å²) in [7, 11) is 0. The van der Waals surface area contributed by atoms with E-state index in [4.69, 9.17) is 9.47 Å². The number of carbonyl (C=O) groups is 1. The Kier molecular flexibility index (Phi) is 4.05. The summed E-state index contributed by atoms with van der Waals surface area (Å²) in [5, 5.41) is 0. The second-order valence-corrected chi connectivity index (χ2v) is 6.77. The van der Waals surface area contributed by atoms with Crippen LogP contribution >= 0.6 is 0 Å². The van der Waals surface area contributed by atoms with Crippen LogP contribution in [-0.2, 0) is 11.2 Å². The highest BCUT2D eigenvalue weighted by Crippen LogP contribution is 2.34. The maximum absolute atomic E-state index is 12.7. The Hall–Kier alpha value is -3.60. The van der Waals surface area contributed by atoms with E-state index in [-0.39, 0.29) is 12.7 Å². The molecule has 3 aromatic rings. The fraction of sp³-hybridized carbons (Fsp3) is 0.130. The van der Waals surface area contributed by atoms with Gasteiger partial charge in [-0.15, -0.1) is 0 Å². The summed E-state index contributed by atoms with van der Waals surface area (Å²) < 4.78 is 10.7. The molecule has 0 spiro atoms. The number of hydrogen-bond acceptors (Lipinski definition) is 4. The molecule has 0 radical (unpaired) electrons. The molecule has 0 atom stereocenters. The van der Waals surface area contributed by atoms with Gasteiger partial charge in [0, 0.05) is 30.7 Å². The van der Waals surface area contributed by atoms with E-state index < -0.39 is 0 Å². The summed E-state index contributed by atoms with van der Waals surface area (Å²) in [5.41, 5.74) is 5.36. The van der Waals surface area contributed by atoms with Gasteiger partial charge in [-0.2, -0.15) is 0 Å². The van der Waals surface area contributed by atoms with Crippen LogP contribution in [0.2, 0.25) is 0 Å². The Morgan fingerprint density at radius 1 is 0.964 bits per heavy atom. The number of rotatable bonds is 3. The summed E-state index contributed by atoms with van der Waals surface area (Å²) in [6.45, 7) is 0.937. The van der Waals surface area contributed by atoms with Crippen molar-refractivity contribution in [2.24, 2.45) is 0 Å². The molecule has 0 aliphatic carbocycles. The molecule has 0 fully saturated rings. The fourth-order valence-corrected chi connectivity index (χ4v) is 3.63. The average Bonchev–Trinajstić information content (AvgIpc) is 3.38. The molecule has 3 heterocycles.